The molecule has 0 unspecified atom stereocenters. The molecule has 0 fully saturated rings. The van der Waals surface area contributed by atoms with E-state index in [0.717, 1.165) is 83.4 Å². The molecule has 0 saturated carbocycles. The van der Waals surface area contributed by atoms with Gasteiger partial charge in [0.15, 0.2) is 0 Å². The Bertz CT molecular complexity index is 3780. The van der Waals surface area contributed by atoms with Crippen LogP contribution in [0.3, 0.4) is 0 Å². The molecule has 0 spiro atoms. The molecule has 11 aromatic rings. The van der Waals surface area contributed by atoms with Crippen LogP contribution in [0.5, 0.6) is 0 Å². The Kier molecular flexibility index (Phi) is 13.7. The predicted molar refractivity (Wildman–Crippen MR) is 301 cm³/mol. The summed E-state index contributed by atoms with van der Waals surface area (Å²) >= 11 is 0. The normalized spacial score (nSPS) is 12.3. The first kappa shape index (κ1) is 51.1. The van der Waals surface area contributed by atoms with Crippen molar-refractivity contribution in [2.75, 3.05) is 0 Å². The van der Waals surface area contributed by atoms with Crippen LogP contribution in [0, 0.1) is 12.1 Å². The van der Waals surface area contributed by atoms with Gasteiger partial charge in [-0.15, -0.1) is 54.1 Å². The third kappa shape index (κ3) is 9.66. The zero-order chi connectivity index (χ0) is 50.9. The molecule has 1 radical (unpaired) electrons. The van der Waals surface area contributed by atoms with Gasteiger partial charge in [0, 0.05) is 59.0 Å². The molecule has 0 N–H and O–H groups in total. The molecule has 4 heterocycles. The summed E-state index contributed by atoms with van der Waals surface area (Å²) in [4.78, 5) is 20.3. The summed E-state index contributed by atoms with van der Waals surface area (Å²) in [6.45, 7) is 29.0. The largest absolute Gasteiger partial charge is 0.498 e. The van der Waals surface area contributed by atoms with Gasteiger partial charge in [0.1, 0.15) is 16.9 Å². The molecular formula is C66H65IrN5O-2. The molecule has 73 heavy (non-hydrogen) atoms. The van der Waals surface area contributed by atoms with Crippen LogP contribution in [0.2, 0.25) is 0 Å². The average molecular weight is 1140 g/mol. The minimum absolute atomic E-state index is 0. The zero-order valence-electron chi connectivity index (χ0n) is 44.5. The predicted octanol–water partition coefficient (Wildman–Crippen LogP) is 17.8. The molecule has 7 aromatic carbocycles. The number of benzene rings is 7. The standard InChI is InChI=1S/C51H49N4O.C15H16N.Ir/c1-29(2)39-27-33(31-17-12-11-13-18-31)28-40(30(3)4)43(39)55-44-34-20-15-14-19-32(34)23-26-41(44)52-48(55)38-22-16-21-35-36-24-25-37-42(46(36)56-45(35)38)53-49(51(8,9)10)54-47(37)50(5,6)7;1-15(2,3)13-9-10-16-14(11-13)12-7-5-4-6-8-12;/h11-21,23-30H,1-10H3;4-7,9-11H,1-3H3;/q2*-1;. The molecule has 0 saturated heterocycles. The van der Waals surface area contributed by atoms with E-state index in [1.165, 1.54) is 38.9 Å². The SMILES string of the molecule is CC(C)(C)c1ccnc(-c2[c-]cccc2)c1.CC(C)c1cc(-c2ccccc2)cc(C(C)C)c1-n1c(-c2[c-]ccc3c2oc2c3ccc3c(C(C)(C)C)nc(C(C)(C)C)nc32)nc2ccc3ccccc3c21.[Ir]. The monoisotopic (exact) mass is 1140 g/mol. The van der Waals surface area contributed by atoms with Gasteiger partial charge in [-0.3, -0.25) is 4.98 Å². The Morgan fingerprint density at radius 2 is 1.22 bits per heavy atom. The van der Waals surface area contributed by atoms with Crippen LogP contribution in [0.4, 0.5) is 0 Å². The number of imidazole rings is 1. The minimum Gasteiger partial charge on any atom is -0.498 e. The van der Waals surface area contributed by atoms with Crippen LogP contribution in [-0.4, -0.2) is 24.5 Å². The maximum Gasteiger partial charge on any atom is 0.147 e. The van der Waals surface area contributed by atoms with Crippen molar-refractivity contribution in [2.24, 2.45) is 0 Å². The Morgan fingerprint density at radius 3 is 1.88 bits per heavy atom. The van der Waals surface area contributed by atoms with Gasteiger partial charge >= 0.3 is 0 Å². The van der Waals surface area contributed by atoms with Crippen molar-refractivity contribution in [3.8, 4) is 39.5 Å². The van der Waals surface area contributed by atoms with Crippen molar-refractivity contribution in [3.63, 3.8) is 0 Å². The Hall–Kier alpha value is -6.79. The van der Waals surface area contributed by atoms with Crippen LogP contribution >= 0.6 is 0 Å². The van der Waals surface area contributed by atoms with Gasteiger partial charge < -0.3 is 14.0 Å². The van der Waals surface area contributed by atoms with E-state index < -0.39 is 0 Å². The summed E-state index contributed by atoms with van der Waals surface area (Å²) in [6.07, 6.45) is 1.87. The van der Waals surface area contributed by atoms with Crippen LogP contribution in [0.15, 0.2) is 150 Å². The Balaban J connectivity index is 0.000000329. The Morgan fingerprint density at radius 1 is 0.548 bits per heavy atom. The first-order chi connectivity index (χ1) is 34.3. The number of aromatic nitrogens is 5. The second-order valence-electron chi connectivity index (χ2n) is 23.0. The van der Waals surface area contributed by atoms with Crippen LogP contribution in [0.1, 0.15) is 130 Å². The van der Waals surface area contributed by atoms with Crippen LogP contribution in [-0.2, 0) is 36.4 Å². The van der Waals surface area contributed by atoms with Gasteiger partial charge in [-0.25, -0.2) is 9.97 Å². The number of nitrogens with zero attached hydrogens (tertiary/aromatic N) is 5. The molecule has 0 bridgehead atoms. The second kappa shape index (κ2) is 19.6. The molecule has 371 valence electrons. The van der Waals surface area contributed by atoms with Crippen LogP contribution < -0.4 is 0 Å². The quantitative estimate of drug-likeness (QED) is 0.155. The van der Waals surface area contributed by atoms with Gasteiger partial charge in [0.2, 0.25) is 0 Å². The molecule has 0 atom stereocenters. The van der Waals surface area contributed by atoms with Crippen molar-refractivity contribution >= 4 is 54.6 Å². The molecule has 0 aliphatic rings. The fourth-order valence-corrected chi connectivity index (χ4v) is 9.90. The van der Waals surface area contributed by atoms with Gasteiger partial charge in [-0.1, -0.05) is 180 Å². The number of hydrogen-bond acceptors (Lipinski definition) is 5. The summed E-state index contributed by atoms with van der Waals surface area (Å²) in [6, 6.07) is 56.0. The van der Waals surface area contributed by atoms with E-state index in [4.69, 9.17) is 19.4 Å². The third-order valence-electron chi connectivity index (χ3n) is 13.8. The number of furan rings is 1. The van der Waals surface area contributed by atoms with Crippen molar-refractivity contribution in [3.05, 3.63) is 186 Å². The first-order valence-corrected chi connectivity index (χ1v) is 25.4. The van der Waals surface area contributed by atoms with Crippen molar-refractivity contribution < 1.29 is 24.5 Å². The summed E-state index contributed by atoms with van der Waals surface area (Å²) in [5.41, 5.74) is 15.4. The number of hydrogen-bond donors (Lipinski definition) is 0. The van der Waals surface area contributed by atoms with Gasteiger partial charge in [0.25, 0.3) is 0 Å². The number of pyridine rings is 1. The van der Waals surface area contributed by atoms with E-state index in [1.54, 1.807) is 0 Å². The summed E-state index contributed by atoms with van der Waals surface area (Å²) in [7, 11) is 0. The average Bonchev–Trinajstić information content (AvgIpc) is 3.95. The van der Waals surface area contributed by atoms with Gasteiger partial charge in [0.05, 0.1) is 28.1 Å². The molecule has 6 nitrogen and oxygen atoms in total. The van der Waals surface area contributed by atoms with E-state index >= 15 is 0 Å². The molecule has 0 amide bonds. The molecular weight excluding hydrogens is 1070 g/mol. The van der Waals surface area contributed by atoms with Crippen LogP contribution in [0.25, 0.3) is 94.1 Å². The summed E-state index contributed by atoms with van der Waals surface area (Å²) in [5.74, 6) is 2.08. The fourth-order valence-electron chi connectivity index (χ4n) is 9.90. The van der Waals surface area contributed by atoms with E-state index in [1.807, 2.05) is 36.5 Å². The van der Waals surface area contributed by atoms with Crippen molar-refractivity contribution in [1.29, 1.82) is 0 Å². The van der Waals surface area contributed by atoms with E-state index in [0.29, 0.717) is 0 Å². The summed E-state index contributed by atoms with van der Waals surface area (Å²) in [5, 5.41) is 5.38. The number of fused-ring (bicyclic) bond motifs is 8. The van der Waals surface area contributed by atoms with E-state index in [-0.39, 0.29) is 48.2 Å². The Labute approximate surface area is 444 Å². The first-order valence-electron chi connectivity index (χ1n) is 25.4. The van der Waals surface area contributed by atoms with Crippen molar-refractivity contribution in [1.82, 2.24) is 24.5 Å². The topological polar surface area (TPSA) is 69.6 Å². The molecule has 4 aromatic heterocycles. The maximum absolute atomic E-state index is 7.12. The van der Waals surface area contributed by atoms with Gasteiger partial charge in [-0.2, -0.15) is 0 Å². The maximum atomic E-state index is 7.12. The van der Waals surface area contributed by atoms with Crippen molar-refractivity contribution in [2.45, 2.75) is 118 Å². The molecule has 0 aliphatic heterocycles. The fraction of sp³-hybridized carbons (Fsp3) is 0.273. The smallest absolute Gasteiger partial charge is 0.147 e. The van der Waals surface area contributed by atoms with E-state index in [2.05, 4.69) is 221 Å². The van der Waals surface area contributed by atoms with E-state index in [9.17, 15) is 0 Å². The molecule has 7 heteroatoms. The zero-order valence-corrected chi connectivity index (χ0v) is 46.9. The molecule has 11 rings (SSSR count). The minimum atomic E-state index is -0.243. The third-order valence-corrected chi connectivity index (χ3v) is 13.8. The molecule has 0 aliphatic carbocycles. The van der Waals surface area contributed by atoms with Gasteiger partial charge in [-0.05, 0) is 80.4 Å². The summed E-state index contributed by atoms with van der Waals surface area (Å²) < 4.78 is 9.54. The second-order valence-corrected chi connectivity index (χ2v) is 23.0. The number of rotatable bonds is 6.